The maximum atomic E-state index is 6.08. The molecular formula is C48H68N2. The molecule has 0 aliphatic carbocycles. The van der Waals surface area contributed by atoms with Gasteiger partial charge in [-0.05, 0) is 89.2 Å². The van der Waals surface area contributed by atoms with E-state index in [1.54, 1.807) is 0 Å². The van der Waals surface area contributed by atoms with Gasteiger partial charge in [0.15, 0.2) is 0 Å². The Bertz CT molecular complexity index is 1440. The second-order valence-corrected chi connectivity index (χ2v) is 15.0. The topological polar surface area (TPSA) is 52.0 Å². The summed E-state index contributed by atoms with van der Waals surface area (Å²) in [4.78, 5) is 0. The quantitative estimate of drug-likeness (QED) is 0.0575. The average molecular weight is 673 g/mol. The number of benzene rings is 4. The number of nitrogens with two attached hydrogens (primary N) is 2. The number of anilines is 2. The van der Waals surface area contributed by atoms with Crippen LogP contribution in [0.5, 0.6) is 0 Å². The highest BCUT2D eigenvalue weighted by molar-refractivity contribution is 5.44. The molecule has 0 bridgehead atoms. The first-order chi connectivity index (χ1) is 24.5. The van der Waals surface area contributed by atoms with Crippen LogP contribution in [0.25, 0.3) is 0 Å². The van der Waals surface area contributed by atoms with Crippen LogP contribution in [0, 0.1) is 0 Å². The van der Waals surface area contributed by atoms with Crippen LogP contribution in [0.3, 0.4) is 0 Å². The molecule has 0 heterocycles. The third kappa shape index (κ3) is 13.0. The monoisotopic (exact) mass is 673 g/mol. The molecule has 2 nitrogen and oxygen atoms in total. The molecule has 0 fully saturated rings. The van der Waals surface area contributed by atoms with Gasteiger partial charge in [-0.15, -0.1) is 0 Å². The van der Waals surface area contributed by atoms with E-state index in [9.17, 15) is 0 Å². The van der Waals surface area contributed by atoms with E-state index in [1.165, 1.54) is 143 Å². The molecule has 3 atom stereocenters. The van der Waals surface area contributed by atoms with Crippen LogP contribution in [-0.4, -0.2) is 0 Å². The van der Waals surface area contributed by atoms with Gasteiger partial charge in [0.25, 0.3) is 0 Å². The highest BCUT2D eigenvalue weighted by Gasteiger charge is 2.18. The van der Waals surface area contributed by atoms with Crippen molar-refractivity contribution in [3.8, 4) is 0 Å². The number of nitrogen functional groups attached to an aromatic ring is 2. The van der Waals surface area contributed by atoms with Crippen LogP contribution in [-0.2, 0) is 6.42 Å². The molecule has 0 amide bonds. The SMILES string of the molecule is CCCCCCCCC(Cc1ccc(C(CCCCCC)c2ccc(N)cc2)cc1)c1ccc(C(CCCCCC)c2ccc(N)cc2)cc1. The lowest BCUT2D eigenvalue weighted by Crippen LogP contribution is -2.07. The summed E-state index contributed by atoms with van der Waals surface area (Å²) in [6.45, 7) is 6.89. The van der Waals surface area contributed by atoms with Crippen LogP contribution in [0.4, 0.5) is 11.4 Å². The van der Waals surface area contributed by atoms with E-state index in [4.69, 9.17) is 11.5 Å². The minimum Gasteiger partial charge on any atom is -0.399 e. The van der Waals surface area contributed by atoms with Gasteiger partial charge in [-0.3, -0.25) is 0 Å². The molecule has 50 heavy (non-hydrogen) atoms. The Kier molecular flexibility index (Phi) is 17.5. The predicted molar refractivity (Wildman–Crippen MR) is 220 cm³/mol. The van der Waals surface area contributed by atoms with Crippen molar-refractivity contribution >= 4 is 11.4 Å². The van der Waals surface area contributed by atoms with Gasteiger partial charge in [-0.2, -0.15) is 0 Å². The molecule has 4 N–H and O–H groups in total. The molecule has 4 aromatic rings. The van der Waals surface area contributed by atoms with Gasteiger partial charge in [-0.25, -0.2) is 0 Å². The van der Waals surface area contributed by atoms with Gasteiger partial charge < -0.3 is 11.5 Å². The van der Waals surface area contributed by atoms with Crippen molar-refractivity contribution in [2.24, 2.45) is 0 Å². The second-order valence-electron chi connectivity index (χ2n) is 15.0. The maximum Gasteiger partial charge on any atom is 0.0314 e. The average Bonchev–Trinajstić information content (AvgIpc) is 3.14. The van der Waals surface area contributed by atoms with Gasteiger partial charge >= 0.3 is 0 Å². The Labute approximate surface area is 306 Å². The zero-order chi connectivity index (χ0) is 35.4. The Balaban J connectivity index is 1.52. The first kappa shape index (κ1) is 39.3. The van der Waals surface area contributed by atoms with E-state index in [1.807, 2.05) is 0 Å². The Hall–Kier alpha value is -3.52. The lowest BCUT2D eigenvalue weighted by molar-refractivity contribution is 0.535. The smallest absolute Gasteiger partial charge is 0.0314 e. The van der Waals surface area contributed by atoms with Gasteiger partial charge in [0.2, 0.25) is 0 Å². The number of unbranched alkanes of at least 4 members (excludes halogenated alkanes) is 11. The van der Waals surface area contributed by atoms with Crippen molar-refractivity contribution in [2.45, 2.75) is 154 Å². The Morgan fingerprint density at radius 2 is 0.680 bits per heavy atom. The van der Waals surface area contributed by atoms with Crippen molar-refractivity contribution in [1.82, 2.24) is 0 Å². The van der Waals surface area contributed by atoms with Gasteiger partial charge in [0.1, 0.15) is 0 Å². The summed E-state index contributed by atoms with van der Waals surface area (Å²) < 4.78 is 0. The summed E-state index contributed by atoms with van der Waals surface area (Å²) in [7, 11) is 0. The Morgan fingerprint density at radius 1 is 0.360 bits per heavy atom. The fourth-order valence-electron chi connectivity index (χ4n) is 7.79. The maximum absolute atomic E-state index is 6.08. The normalized spacial score (nSPS) is 13.3. The molecule has 0 radical (unpaired) electrons. The van der Waals surface area contributed by atoms with Crippen LogP contribution in [0.2, 0.25) is 0 Å². The fraction of sp³-hybridized carbons (Fsp3) is 0.500. The highest BCUT2D eigenvalue weighted by Crippen LogP contribution is 2.35. The molecule has 0 aliphatic heterocycles. The summed E-state index contributed by atoms with van der Waals surface area (Å²) in [5.74, 6) is 1.37. The zero-order valence-electron chi connectivity index (χ0n) is 31.9. The van der Waals surface area contributed by atoms with Crippen LogP contribution < -0.4 is 11.5 Å². The standard InChI is InChI=1S/C48H68N2/c1-4-7-10-13-14-15-18-44(39-25-27-41(28-26-39)48(20-17-12-9-6-3)43-31-35-46(50)36-32-43)37-38-21-23-40(24-22-38)47(19-16-11-8-5-2)42-29-33-45(49)34-30-42/h21-36,44,47-48H,4-20,37,49-50H2,1-3H3. The predicted octanol–water partition coefficient (Wildman–Crippen LogP) is 14.1. The fourth-order valence-corrected chi connectivity index (χ4v) is 7.79. The summed E-state index contributed by atoms with van der Waals surface area (Å²) in [5.41, 5.74) is 22.4. The largest absolute Gasteiger partial charge is 0.399 e. The van der Waals surface area contributed by atoms with Crippen molar-refractivity contribution in [3.05, 3.63) is 130 Å². The zero-order valence-corrected chi connectivity index (χ0v) is 31.9. The van der Waals surface area contributed by atoms with E-state index in [0.717, 1.165) is 17.8 Å². The molecule has 4 aromatic carbocycles. The molecule has 0 saturated carbocycles. The first-order valence-electron chi connectivity index (χ1n) is 20.4. The lowest BCUT2D eigenvalue weighted by atomic mass is 9.82. The van der Waals surface area contributed by atoms with Crippen LogP contribution in [0.15, 0.2) is 97.1 Å². The highest BCUT2D eigenvalue weighted by atomic mass is 14.5. The molecule has 2 heteroatoms. The third-order valence-corrected chi connectivity index (χ3v) is 11.0. The van der Waals surface area contributed by atoms with Crippen molar-refractivity contribution in [3.63, 3.8) is 0 Å². The Morgan fingerprint density at radius 3 is 1.12 bits per heavy atom. The van der Waals surface area contributed by atoms with E-state index in [0.29, 0.717) is 17.8 Å². The van der Waals surface area contributed by atoms with E-state index in [2.05, 4.69) is 118 Å². The first-order valence-corrected chi connectivity index (χ1v) is 20.4. The van der Waals surface area contributed by atoms with Crippen molar-refractivity contribution < 1.29 is 0 Å². The summed E-state index contributed by atoms with van der Waals surface area (Å²) in [6, 6.07) is 36.6. The van der Waals surface area contributed by atoms with Crippen LogP contribution in [0.1, 0.15) is 181 Å². The summed E-state index contributed by atoms with van der Waals surface area (Å²) in [5, 5.41) is 0. The molecule has 0 aliphatic rings. The molecule has 270 valence electrons. The molecule has 0 aromatic heterocycles. The van der Waals surface area contributed by atoms with E-state index in [-0.39, 0.29) is 0 Å². The number of rotatable bonds is 24. The molecule has 3 unspecified atom stereocenters. The summed E-state index contributed by atoms with van der Waals surface area (Å²) in [6.07, 6.45) is 23.1. The number of hydrogen-bond acceptors (Lipinski definition) is 2. The van der Waals surface area contributed by atoms with E-state index >= 15 is 0 Å². The van der Waals surface area contributed by atoms with Crippen molar-refractivity contribution in [2.75, 3.05) is 11.5 Å². The van der Waals surface area contributed by atoms with E-state index < -0.39 is 0 Å². The van der Waals surface area contributed by atoms with Crippen molar-refractivity contribution in [1.29, 1.82) is 0 Å². The van der Waals surface area contributed by atoms with Gasteiger partial charge in [0, 0.05) is 23.2 Å². The molecule has 0 spiro atoms. The molecule has 0 saturated heterocycles. The number of hydrogen-bond donors (Lipinski definition) is 2. The van der Waals surface area contributed by atoms with Gasteiger partial charge in [0.05, 0.1) is 0 Å². The molecule has 4 rings (SSSR count). The minimum atomic E-state index is 0.419. The van der Waals surface area contributed by atoms with Gasteiger partial charge in [-0.1, -0.05) is 183 Å². The molecular weight excluding hydrogens is 605 g/mol. The summed E-state index contributed by atoms with van der Waals surface area (Å²) >= 11 is 0. The second kappa shape index (κ2) is 22.3. The minimum absolute atomic E-state index is 0.419. The van der Waals surface area contributed by atoms with Crippen LogP contribution >= 0.6 is 0 Å². The third-order valence-electron chi connectivity index (χ3n) is 11.0. The lowest BCUT2D eigenvalue weighted by Gasteiger charge is -2.22.